The molecule has 0 bridgehead atoms. The van der Waals surface area contributed by atoms with E-state index in [1.54, 1.807) is 0 Å². The van der Waals surface area contributed by atoms with Gasteiger partial charge in [-0.3, -0.25) is 4.79 Å². The van der Waals surface area contributed by atoms with E-state index in [0.717, 1.165) is 19.3 Å². The molecule has 4 nitrogen and oxygen atoms in total. The fourth-order valence-corrected chi connectivity index (χ4v) is 2.94. The molecule has 0 aromatic rings. The number of esters is 1. The Morgan fingerprint density at radius 2 is 1.68 bits per heavy atom. The highest BCUT2D eigenvalue weighted by Gasteiger charge is 2.43. The zero-order valence-corrected chi connectivity index (χ0v) is 18.1. The quantitative estimate of drug-likeness (QED) is 0.205. The van der Waals surface area contributed by atoms with E-state index in [4.69, 9.17) is 14.9 Å². The zero-order chi connectivity index (χ0) is 23.1. The molecule has 1 rings (SSSR count). The first kappa shape index (κ1) is 27.2. The summed E-state index contributed by atoms with van der Waals surface area (Å²) >= 11 is 0. The summed E-state index contributed by atoms with van der Waals surface area (Å²) in [6, 6.07) is 0. The van der Waals surface area contributed by atoms with Crippen molar-refractivity contribution in [3.05, 3.63) is 48.6 Å². The molecule has 2 N–H and O–H groups in total. The molecule has 31 heavy (non-hydrogen) atoms. The minimum absolute atomic E-state index is 0.167. The van der Waals surface area contributed by atoms with Crippen LogP contribution in [0.25, 0.3) is 0 Å². The van der Waals surface area contributed by atoms with E-state index < -0.39 is 18.7 Å². The van der Waals surface area contributed by atoms with Crippen LogP contribution in [0.15, 0.2) is 48.6 Å². The summed E-state index contributed by atoms with van der Waals surface area (Å²) in [5.41, 5.74) is 0. The summed E-state index contributed by atoms with van der Waals surface area (Å²) in [6.45, 7) is 1.28. The number of ether oxygens (including phenoxy) is 1. The normalized spacial score (nSPS) is 20.6. The van der Waals surface area contributed by atoms with Crippen LogP contribution in [-0.2, 0) is 9.53 Å². The van der Waals surface area contributed by atoms with Gasteiger partial charge in [-0.1, -0.05) is 55.5 Å². The van der Waals surface area contributed by atoms with E-state index in [1.807, 2.05) is 37.3 Å². The molecular weight excluding hydrogens is 409 g/mol. The number of carbonyl (C=O) groups excluding carboxylic acids is 1. The van der Waals surface area contributed by atoms with Gasteiger partial charge in [-0.15, -0.1) is 0 Å². The third-order valence-corrected chi connectivity index (χ3v) is 4.89. The van der Waals surface area contributed by atoms with Gasteiger partial charge in [0.05, 0.1) is 19.1 Å². The first-order chi connectivity index (χ1) is 14.8. The second-order valence-electron chi connectivity index (χ2n) is 7.88. The Balaban J connectivity index is 2.10. The van der Waals surface area contributed by atoms with Gasteiger partial charge in [-0.2, -0.15) is 13.2 Å². The molecular formula is C24H35F3O4. The van der Waals surface area contributed by atoms with Gasteiger partial charge in [0.2, 0.25) is 0 Å². The SMILES string of the molecule is CC(/C=C\C/C=C\C/C=C\C1CC1C(=O)OC(CO)CO)/C=C\CCCCC(F)(F)F. The average Bonchev–Trinajstić information content (AvgIpc) is 3.49. The highest BCUT2D eigenvalue weighted by molar-refractivity contribution is 5.76. The molecule has 1 fully saturated rings. The van der Waals surface area contributed by atoms with E-state index >= 15 is 0 Å². The maximum absolute atomic E-state index is 12.0. The first-order valence-electron chi connectivity index (χ1n) is 10.9. The second-order valence-corrected chi connectivity index (χ2v) is 7.88. The third-order valence-electron chi connectivity index (χ3n) is 4.89. The molecule has 7 heteroatoms. The lowest BCUT2D eigenvalue weighted by Gasteiger charge is -2.11. The lowest BCUT2D eigenvalue weighted by molar-refractivity contribution is -0.155. The summed E-state index contributed by atoms with van der Waals surface area (Å²) in [5.74, 6) is -0.130. The number of allylic oxidation sites excluding steroid dienone is 8. The number of rotatable bonds is 15. The Kier molecular flexibility index (Phi) is 13.2. The molecule has 0 saturated heterocycles. The number of alkyl halides is 3. The van der Waals surface area contributed by atoms with Crippen LogP contribution in [0.2, 0.25) is 0 Å². The Morgan fingerprint density at radius 3 is 2.32 bits per heavy atom. The molecule has 0 spiro atoms. The predicted octanol–water partition coefficient (Wildman–Crippen LogP) is 5.28. The number of unbranched alkanes of at least 4 members (excludes halogenated alkanes) is 2. The van der Waals surface area contributed by atoms with Gasteiger partial charge in [-0.05, 0) is 50.4 Å². The summed E-state index contributed by atoms with van der Waals surface area (Å²) < 4.78 is 41.1. The predicted molar refractivity (Wildman–Crippen MR) is 115 cm³/mol. The summed E-state index contributed by atoms with van der Waals surface area (Å²) in [7, 11) is 0. The van der Waals surface area contributed by atoms with Crippen molar-refractivity contribution in [3.8, 4) is 0 Å². The third kappa shape index (κ3) is 13.9. The molecule has 0 aromatic carbocycles. The summed E-state index contributed by atoms with van der Waals surface area (Å²) in [6.07, 6.45) is 14.3. The summed E-state index contributed by atoms with van der Waals surface area (Å²) in [4.78, 5) is 11.8. The molecule has 1 aliphatic rings. The number of hydrogen-bond donors (Lipinski definition) is 2. The van der Waals surface area contributed by atoms with Crippen LogP contribution in [-0.4, -0.2) is 41.7 Å². The van der Waals surface area contributed by atoms with Crippen molar-refractivity contribution in [1.82, 2.24) is 0 Å². The first-order valence-corrected chi connectivity index (χ1v) is 10.9. The Labute approximate surface area is 183 Å². The standard InChI is InChI=1S/C24H35F3O4/c1-19(13-9-6-7-11-15-24(25,26)27)12-8-4-2-3-5-10-14-20-16-22(20)23(30)31-21(17-28)18-29/h2-3,8-10,12-14,19-22,28-29H,4-7,11,15-18H2,1H3/b3-2-,12-8-,13-9-,14-10-. The second kappa shape index (κ2) is 15.0. The van der Waals surface area contributed by atoms with Gasteiger partial charge < -0.3 is 14.9 Å². The van der Waals surface area contributed by atoms with Crippen LogP contribution in [0.5, 0.6) is 0 Å². The number of aliphatic hydroxyl groups is 2. The molecule has 0 aliphatic heterocycles. The van der Waals surface area contributed by atoms with Crippen LogP contribution in [0.1, 0.15) is 51.9 Å². The minimum atomic E-state index is -4.05. The molecule has 1 aliphatic carbocycles. The minimum Gasteiger partial charge on any atom is -0.457 e. The zero-order valence-electron chi connectivity index (χ0n) is 18.1. The van der Waals surface area contributed by atoms with E-state index in [-0.39, 0.29) is 43.4 Å². The van der Waals surface area contributed by atoms with E-state index in [9.17, 15) is 18.0 Å². The lowest BCUT2D eigenvalue weighted by Crippen LogP contribution is -2.26. The summed E-state index contributed by atoms with van der Waals surface area (Å²) in [5, 5.41) is 17.9. The van der Waals surface area contributed by atoms with Gasteiger partial charge in [0, 0.05) is 6.42 Å². The van der Waals surface area contributed by atoms with Crippen LogP contribution in [0, 0.1) is 17.8 Å². The smallest absolute Gasteiger partial charge is 0.389 e. The van der Waals surface area contributed by atoms with Crippen molar-refractivity contribution in [2.45, 2.75) is 64.1 Å². The van der Waals surface area contributed by atoms with Gasteiger partial charge in [0.1, 0.15) is 6.10 Å². The molecule has 3 atom stereocenters. The molecule has 0 aromatic heterocycles. The van der Waals surface area contributed by atoms with Crippen molar-refractivity contribution in [2.75, 3.05) is 13.2 Å². The van der Waals surface area contributed by atoms with Crippen molar-refractivity contribution in [3.63, 3.8) is 0 Å². The number of halogens is 3. The van der Waals surface area contributed by atoms with E-state index in [1.165, 1.54) is 0 Å². The van der Waals surface area contributed by atoms with Crippen LogP contribution < -0.4 is 0 Å². The van der Waals surface area contributed by atoms with Crippen LogP contribution >= 0.6 is 0 Å². The number of carbonyl (C=O) groups is 1. The van der Waals surface area contributed by atoms with Gasteiger partial charge in [0.25, 0.3) is 0 Å². The topological polar surface area (TPSA) is 66.8 Å². The molecule has 0 amide bonds. The van der Waals surface area contributed by atoms with E-state index in [0.29, 0.717) is 12.8 Å². The lowest BCUT2D eigenvalue weighted by atomic mass is 10.1. The fraction of sp³-hybridized carbons (Fsp3) is 0.625. The highest BCUT2D eigenvalue weighted by atomic mass is 19.4. The van der Waals surface area contributed by atoms with Gasteiger partial charge in [0.15, 0.2) is 0 Å². The fourth-order valence-electron chi connectivity index (χ4n) is 2.94. The Bertz CT molecular complexity index is 619. The number of aliphatic hydroxyl groups excluding tert-OH is 2. The van der Waals surface area contributed by atoms with Crippen molar-refractivity contribution in [2.24, 2.45) is 17.8 Å². The maximum atomic E-state index is 12.0. The molecule has 0 radical (unpaired) electrons. The van der Waals surface area contributed by atoms with Crippen molar-refractivity contribution in [1.29, 1.82) is 0 Å². The molecule has 176 valence electrons. The Hall–Kier alpha value is -1.86. The molecule has 0 heterocycles. The maximum Gasteiger partial charge on any atom is 0.389 e. The largest absolute Gasteiger partial charge is 0.457 e. The van der Waals surface area contributed by atoms with Gasteiger partial charge in [-0.25, -0.2) is 0 Å². The van der Waals surface area contributed by atoms with E-state index in [2.05, 4.69) is 18.2 Å². The van der Waals surface area contributed by atoms with Crippen LogP contribution in [0.4, 0.5) is 13.2 Å². The molecule has 3 unspecified atom stereocenters. The van der Waals surface area contributed by atoms with Crippen LogP contribution in [0.3, 0.4) is 0 Å². The average molecular weight is 445 g/mol. The molecule has 1 saturated carbocycles. The van der Waals surface area contributed by atoms with Crippen molar-refractivity contribution >= 4 is 5.97 Å². The highest BCUT2D eigenvalue weighted by Crippen LogP contribution is 2.40. The monoisotopic (exact) mass is 444 g/mol. The van der Waals surface area contributed by atoms with Gasteiger partial charge >= 0.3 is 12.1 Å². The Morgan fingerprint density at radius 1 is 1.03 bits per heavy atom. The number of hydrogen-bond acceptors (Lipinski definition) is 4. The van der Waals surface area contributed by atoms with Crippen molar-refractivity contribution < 1.29 is 32.9 Å².